The smallest absolute Gasteiger partial charge is 0.417 e. The van der Waals surface area contributed by atoms with Crippen LogP contribution in [0.2, 0.25) is 0 Å². The number of halogens is 9. The van der Waals surface area contributed by atoms with Crippen LogP contribution >= 0.6 is 0 Å². The first-order valence-electron chi connectivity index (χ1n) is 37.4. The SMILES string of the molecule is CCN1CCC(=Cc2ccc(C(=O)C[C@@H]3[C@H]4Oc5ccc(Oc6ccnc7c6CCC(=O)N7)cc5[C@@H]34)cc2C(F)(F)F)CC1.CCN1CCC(=Cc2ccc(C(=O)C[C@@H]3[C@H]4Oc5ccc(Oc6ccnc7c6CCC(=O)N7)cc5[C@@H]34)cc2C(F)(F)F)CC1.CCN1CCC(=Cc2ccc(C(=O)O)cc2C(F)(F)F)CC1. The van der Waals surface area contributed by atoms with Crippen LogP contribution in [-0.2, 0) is 41.0 Å². The number of amides is 2. The molecule has 9 heterocycles. The highest BCUT2D eigenvalue weighted by atomic mass is 19.4. The number of rotatable bonds is 17. The molecule has 2 aliphatic carbocycles. The van der Waals surface area contributed by atoms with Gasteiger partial charge < -0.3 is 49.4 Å². The number of carbonyl (C=O) groups excluding carboxylic acids is 4. The van der Waals surface area contributed by atoms with E-state index in [1.165, 1.54) is 36.4 Å². The molecule has 5 aromatic carbocycles. The molecule has 110 heavy (non-hydrogen) atoms. The van der Waals surface area contributed by atoms with Crippen LogP contribution < -0.4 is 29.6 Å². The van der Waals surface area contributed by atoms with Crippen LogP contribution in [0.15, 0.2) is 132 Å². The van der Waals surface area contributed by atoms with E-state index >= 15 is 0 Å². The van der Waals surface area contributed by atoms with Crippen LogP contribution in [0.3, 0.4) is 0 Å². The number of benzene rings is 5. The number of nitrogens with one attached hydrogen (secondary N) is 2. The number of anilines is 2. The number of alkyl halides is 9. The average molecular weight is 1520 g/mol. The molecule has 3 N–H and O–H groups in total. The lowest BCUT2D eigenvalue weighted by atomic mass is 9.94. The minimum atomic E-state index is -4.57. The number of piperidine rings is 3. The van der Waals surface area contributed by atoms with Gasteiger partial charge in [0.15, 0.2) is 11.6 Å². The van der Waals surface area contributed by atoms with Crippen LogP contribution in [0, 0.1) is 11.8 Å². The molecule has 0 bridgehead atoms. The molecule has 2 saturated carbocycles. The summed E-state index contributed by atoms with van der Waals surface area (Å²) < 4.78 is 148. The lowest BCUT2D eigenvalue weighted by Crippen LogP contribution is -2.30. The van der Waals surface area contributed by atoms with E-state index in [0.717, 1.165) is 160 Å². The van der Waals surface area contributed by atoms with E-state index in [9.17, 15) is 63.5 Å². The Labute approximate surface area is 629 Å². The van der Waals surface area contributed by atoms with Crippen LogP contribution in [0.25, 0.3) is 18.2 Å². The number of hydrogen-bond donors (Lipinski definition) is 3. The molecule has 576 valence electrons. The van der Waals surface area contributed by atoms with Crippen LogP contribution in [0.5, 0.6) is 34.5 Å². The summed E-state index contributed by atoms with van der Waals surface area (Å²) in [6, 6.07) is 25.7. The predicted molar refractivity (Wildman–Crippen MR) is 394 cm³/mol. The monoisotopic (exact) mass is 1520 g/mol. The number of carboxylic acids is 1. The summed E-state index contributed by atoms with van der Waals surface area (Å²) in [5.74, 6) is 2.40. The third-order valence-corrected chi connectivity index (χ3v) is 22.3. The highest BCUT2D eigenvalue weighted by Crippen LogP contribution is 2.62. The number of nitrogens with zero attached hydrogens (tertiary/aromatic N) is 5. The highest BCUT2D eigenvalue weighted by molar-refractivity contribution is 5.98. The molecule has 0 unspecified atom stereocenters. The molecule has 2 amide bonds. The van der Waals surface area contributed by atoms with Gasteiger partial charge in [0.1, 0.15) is 58.3 Å². The van der Waals surface area contributed by atoms with E-state index in [1.807, 2.05) is 24.3 Å². The molecule has 7 aliphatic heterocycles. The zero-order chi connectivity index (χ0) is 77.5. The number of carbonyl (C=O) groups is 5. The van der Waals surface area contributed by atoms with Crippen molar-refractivity contribution >= 4 is 59.2 Å². The third-order valence-electron chi connectivity index (χ3n) is 22.3. The van der Waals surface area contributed by atoms with Crippen LogP contribution in [0.4, 0.5) is 51.1 Å². The number of ether oxygens (including phenoxy) is 4. The first-order chi connectivity index (χ1) is 52.7. The van der Waals surface area contributed by atoms with Crippen LogP contribution in [0.1, 0.15) is 184 Å². The quantitative estimate of drug-likeness (QED) is 0.0573. The standard InChI is InChI=1S/2C34H32F3N3O4.C16H18F3NO2/c2*1-2-40-13-10-19(11-14-40)15-20-3-4-21(16-26(20)34(35,36)37)27(41)18-25-31-24-17-22(5-7-28(24)44-32(25)31)43-29-9-12-38-33-23(29)6-8-30(42)39-33;1-2-20-7-5-11(6-8-20)9-12-3-4-13(15(21)22)10-14(12)16(17,18)19/h2*3-5,7,9,12,15-17,25,31-32H,2,6,8,10-11,13-14,18H2,1H3,(H,38,39,42);3-4,9-10H,2,5-8H2,1H3,(H,21,22)/t2*25-,31-,32+;/m00./s1. The summed E-state index contributed by atoms with van der Waals surface area (Å²) in [5.41, 5.74) is 4.09. The molecule has 17 nitrogen and oxygen atoms in total. The topological polar surface area (TPSA) is 202 Å². The van der Waals surface area contributed by atoms with Gasteiger partial charge in [-0.15, -0.1) is 0 Å². The fourth-order valence-corrected chi connectivity index (χ4v) is 16.0. The fraction of sp³-hybridized carbons (Fsp3) is 0.393. The molecule has 5 fully saturated rings. The lowest BCUT2D eigenvalue weighted by Gasteiger charge is -2.27. The van der Waals surface area contributed by atoms with Gasteiger partial charge in [0, 0.05) is 134 Å². The van der Waals surface area contributed by atoms with E-state index in [4.69, 9.17) is 24.1 Å². The van der Waals surface area contributed by atoms with Gasteiger partial charge in [0.25, 0.3) is 0 Å². The normalized spacial score (nSPS) is 21.2. The summed E-state index contributed by atoms with van der Waals surface area (Å²) in [5, 5.41) is 14.4. The van der Waals surface area contributed by atoms with Gasteiger partial charge in [-0.2, -0.15) is 39.5 Å². The Bertz CT molecular complexity index is 4580. The molecule has 0 radical (unpaired) electrons. The van der Waals surface area contributed by atoms with Crippen molar-refractivity contribution in [3.05, 3.63) is 205 Å². The molecule has 16 rings (SSSR count). The Balaban J connectivity index is 0.000000146. The second kappa shape index (κ2) is 31.7. The maximum absolute atomic E-state index is 14.1. The first-order valence-corrected chi connectivity index (χ1v) is 37.4. The number of fused-ring (bicyclic) bond motifs is 8. The number of hydrogen-bond acceptors (Lipinski definition) is 14. The molecular weight excluding hydrogens is 1440 g/mol. The van der Waals surface area contributed by atoms with E-state index in [2.05, 4.69) is 56.1 Å². The molecule has 3 saturated heterocycles. The maximum atomic E-state index is 14.1. The Morgan fingerprint density at radius 1 is 0.473 bits per heavy atom. The van der Waals surface area contributed by atoms with Crippen molar-refractivity contribution in [3.63, 3.8) is 0 Å². The molecule has 6 atom stereocenters. The second-order valence-electron chi connectivity index (χ2n) is 29.2. The Morgan fingerprint density at radius 3 is 1.15 bits per heavy atom. The number of aromatic nitrogens is 2. The Kier molecular flexibility index (Phi) is 22.0. The number of Topliss-reactive ketones (excluding diaryl/α,β-unsaturated/α-hetero) is 2. The van der Waals surface area contributed by atoms with Gasteiger partial charge in [-0.3, -0.25) is 19.2 Å². The van der Waals surface area contributed by atoms with Crippen molar-refractivity contribution in [3.8, 4) is 34.5 Å². The summed E-state index contributed by atoms with van der Waals surface area (Å²) in [6.45, 7) is 14.1. The van der Waals surface area contributed by atoms with Gasteiger partial charge in [0.2, 0.25) is 11.8 Å². The van der Waals surface area contributed by atoms with Crippen molar-refractivity contribution in [2.24, 2.45) is 11.8 Å². The van der Waals surface area contributed by atoms with Crippen molar-refractivity contribution < 1.29 is 87.5 Å². The second-order valence-corrected chi connectivity index (χ2v) is 29.2. The summed E-state index contributed by atoms with van der Waals surface area (Å²) in [4.78, 5) is 76.1. The minimum Gasteiger partial charge on any atom is -0.489 e. The van der Waals surface area contributed by atoms with Crippen molar-refractivity contribution in [1.29, 1.82) is 0 Å². The average Bonchev–Trinajstić information content (AvgIpc) is 1.56. The Hall–Kier alpha value is -10.2. The van der Waals surface area contributed by atoms with Crippen molar-refractivity contribution in [2.75, 3.05) is 69.5 Å². The van der Waals surface area contributed by atoms with Crippen molar-refractivity contribution in [2.45, 2.75) is 140 Å². The largest absolute Gasteiger partial charge is 0.489 e. The zero-order valence-corrected chi connectivity index (χ0v) is 60.8. The fourth-order valence-electron chi connectivity index (χ4n) is 16.0. The maximum Gasteiger partial charge on any atom is 0.417 e. The number of aromatic carboxylic acids is 1. The first kappa shape index (κ1) is 76.6. The minimum absolute atomic E-state index is 0.0248. The van der Waals surface area contributed by atoms with E-state index < -0.39 is 41.2 Å². The van der Waals surface area contributed by atoms with Gasteiger partial charge in [-0.05, 0) is 160 Å². The van der Waals surface area contributed by atoms with Gasteiger partial charge in [-0.25, -0.2) is 14.8 Å². The lowest BCUT2D eigenvalue weighted by molar-refractivity contribution is -0.138. The van der Waals surface area contributed by atoms with E-state index in [0.29, 0.717) is 66.4 Å². The highest BCUT2D eigenvalue weighted by Gasteiger charge is 2.60. The van der Waals surface area contributed by atoms with E-state index in [-0.39, 0.29) is 105 Å². The molecule has 9 aliphatic rings. The molecule has 0 spiro atoms. The zero-order valence-electron chi connectivity index (χ0n) is 60.8. The third kappa shape index (κ3) is 17.2. The van der Waals surface area contributed by atoms with Crippen LogP contribution in [-0.4, -0.2) is 130 Å². The van der Waals surface area contributed by atoms with Gasteiger partial charge in [0.05, 0.1) is 22.3 Å². The summed E-state index contributed by atoms with van der Waals surface area (Å²) in [6.07, 6.45) is 0.367. The molecule has 26 heteroatoms. The number of ketones is 2. The Morgan fingerprint density at radius 2 is 0.818 bits per heavy atom. The molecule has 7 aromatic rings. The predicted octanol–water partition coefficient (Wildman–Crippen LogP) is 18.0. The number of likely N-dealkylation sites (tertiary alicyclic amines) is 3. The van der Waals surface area contributed by atoms with E-state index in [1.54, 1.807) is 54.9 Å². The van der Waals surface area contributed by atoms with Gasteiger partial charge in [-0.1, -0.05) is 86.1 Å². The van der Waals surface area contributed by atoms with Crippen molar-refractivity contribution in [1.82, 2.24) is 24.7 Å². The molecular formula is C84H82F9N7O10. The number of carboxylic acid groups (broad SMARTS) is 1. The number of pyridine rings is 2. The summed E-state index contributed by atoms with van der Waals surface area (Å²) >= 11 is 0. The van der Waals surface area contributed by atoms with Gasteiger partial charge >= 0.3 is 24.5 Å². The summed E-state index contributed by atoms with van der Waals surface area (Å²) in [7, 11) is 0. The molecule has 2 aromatic heterocycles.